The molecule has 5 heteroatoms. The molecule has 0 aliphatic carbocycles. The molecule has 1 saturated heterocycles. The first-order chi connectivity index (χ1) is 9.09. The number of carboxylic acids is 1. The fourth-order valence-electron chi connectivity index (χ4n) is 2.15. The predicted molar refractivity (Wildman–Crippen MR) is 72.9 cm³/mol. The van der Waals surface area contributed by atoms with Gasteiger partial charge in [-0.05, 0) is 30.5 Å². The first-order valence-electron chi connectivity index (χ1n) is 6.05. The Morgan fingerprint density at radius 1 is 1.37 bits per heavy atom. The molecule has 100 valence electrons. The number of amides is 1. The minimum atomic E-state index is -0.947. The molecule has 1 fully saturated rings. The molecule has 1 aliphatic heterocycles. The average molecular weight is 280 g/mol. The van der Waals surface area contributed by atoms with Gasteiger partial charge in [0.2, 0.25) is 5.91 Å². The summed E-state index contributed by atoms with van der Waals surface area (Å²) >= 11 is 5.98. The summed E-state index contributed by atoms with van der Waals surface area (Å²) in [5.41, 5.74) is 0.739. The lowest BCUT2D eigenvalue weighted by Gasteiger charge is -2.19. The Balaban J connectivity index is 2.09. The first-order valence-corrected chi connectivity index (χ1v) is 6.43. The second-order valence-electron chi connectivity index (χ2n) is 4.38. The van der Waals surface area contributed by atoms with Gasteiger partial charge < -0.3 is 10.0 Å². The van der Waals surface area contributed by atoms with Crippen LogP contribution in [0.15, 0.2) is 30.3 Å². The number of likely N-dealkylation sites (tertiary alicyclic amines) is 1. The van der Waals surface area contributed by atoms with Crippen molar-refractivity contribution in [3.8, 4) is 0 Å². The van der Waals surface area contributed by atoms with E-state index in [1.165, 1.54) is 11.0 Å². The van der Waals surface area contributed by atoms with Gasteiger partial charge in [-0.25, -0.2) is 4.79 Å². The van der Waals surface area contributed by atoms with Crippen molar-refractivity contribution in [2.45, 2.75) is 18.9 Å². The third-order valence-electron chi connectivity index (χ3n) is 3.13. The highest BCUT2D eigenvalue weighted by Crippen LogP contribution is 2.19. The van der Waals surface area contributed by atoms with E-state index in [9.17, 15) is 9.59 Å². The molecule has 0 aromatic heterocycles. The highest BCUT2D eigenvalue weighted by Gasteiger charge is 2.32. The Kier molecular flexibility index (Phi) is 4.22. The molecule has 1 N–H and O–H groups in total. The van der Waals surface area contributed by atoms with Crippen LogP contribution in [-0.4, -0.2) is 34.5 Å². The van der Waals surface area contributed by atoms with Gasteiger partial charge in [0.25, 0.3) is 0 Å². The van der Waals surface area contributed by atoms with E-state index in [1.54, 1.807) is 18.2 Å². The molecule has 0 radical (unpaired) electrons. The summed E-state index contributed by atoms with van der Waals surface area (Å²) in [7, 11) is 0. The largest absolute Gasteiger partial charge is 0.480 e. The number of halogens is 1. The van der Waals surface area contributed by atoms with E-state index in [2.05, 4.69) is 0 Å². The quantitative estimate of drug-likeness (QED) is 0.865. The minimum absolute atomic E-state index is 0.287. The van der Waals surface area contributed by atoms with Crippen molar-refractivity contribution in [1.82, 2.24) is 4.90 Å². The summed E-state index contributed by atoms with van der Waals surface area (Å²) in [6.07, 6.45) is 4.23. The van der Waals surface area contributed by atoms with Gasteiger partial charge in [-0.2, -0.15) is 0 Å². The maximum atomic E-state index is 12.0. The van der Waals surface area contributed by atoms with E-state index in [0.717, 1.165) is 12.0 Å². The van der Waals surface area contributed by atoms with Crippen LogP contribution < -0.4 is 0 Å². The fraction of sp³-hybridized carbons (Fsp3) is 0.286. The van der Waals surface area contributed by atoms with E-state index in [-0.39, 0.29) is 5.91 Å². The van der Waals surface area contributed by atoms with Crippen LogP contribution in [0.3, 0.4) is 0 Å². The highest BCUT2D eigenvalue weighted by molar-refractivity contribution is 6.32. The molecule has 1 atom stereocenters. The zero-order valence-corrected chi connectivity index (χ0v) is 11.0. The Morgan fingerprint density at radius 2 is 2.11 bits per heavy atom. The lowest BCUT2D eigenvalue weighted by molar-refractivity contribution is -0.146. The molecule has 0 saturated carbocycles. The Labute approximate surface area is 116 Å². The summed E-state index contributed by atoms with van der Waals surface area (Å²) in [4.78, 5) is 24.4. The van der Waals surface area contributed by atoms with Gasteiger partial charge in [-0.1, -0.05) is 29.8 Å². The number of hydrogen-bond acceptors (Lipinski definition) is 2. The molecule has 1 heterocycles. The Morgan fingerprint density at radius 3 is 2.79 bits per heavy atom. The standard InChI is InChI=1S/C14H14ClNO3/c15-11-5-2-1-4-10(11)7-8-13(17)16-9-3-6-12(16)14(18)19/h1-2,4-5,7-8,12H,3,6,9H2,(H,18,19)/b8-7+/t12-/m0/s1. The van der Waals surface area contributed by atoms with Crippen LogP contribution in [-0.2, 0) is 9.59 Å². The van der Waals surface area contributed by atoms with E-state index >= 15 is 0 Å². The molecular weight excluding hydrogens is 266 g/mol. The molecule has 1 aromatic rings. The molecule has 0 bridgehead atoms. The minimum Gasteiger partial charge on any atom is -0.480 e. The van der Waals surface area contributed by atoms with Gasteiger partial charge in [0.05, 0.1) is 0 Å². The van der Waals surface area contributed by atoms with E-state index in [4.69, 9.17) is 16.7 Å². The summed E-state index contributed by atoms with van der Waals surface area (Å²) in [6.45, 7) is 0.489. The number of benzene rings is 1. The second-order valence-corrected chi connectivity index (χ2v) is 4.79. The van der Waals surface area contributed by atoms with Crippen molar-refractivity contribution in [3.05, 3.63) is 40.9 Å². The molecule has 0 spiro atoms. The van der Waals surface area contributed by atoms with Gasteiger partial charge in [-0.3, -0.25) is 4.79 Å². The number of carbonyl (C=O) groups excluding carboxylic acids is 1. The van der Waals surface area contributed by atoms with Crippen molar-refractivity contribution < 1.29 is 14.7 Å². The fourth-order valence-corrected chi connectivity index (χ4v) is 2.35. The Hall–Kier alpha value is -1.81. The first kappa shape index (κ1) is 13.6. The van der Waals surface area contributed by atoms with Crippen molar-refractivity contribution in [2.75, 3.05) is 6.54 Å². The molecule has 1 amide bonds. The molecule has 1 aliphatic rings. The zero-order valence-electron chi connectivity index (χ0n) is 10.3. The number of nitrogens with zero attached hydrogens (tertiary/aromatic N) is 1. The van der Waals surface area contributed by atoms with Crippen molar-refractivity contribution in [2.24, 2.45) is 0 Å². The van der Waals surface area contributed by atoms with Crippen molar-refractivity contribution in [3.63, 3.8) is 0 Å². The normalized spacial score (nSPS) is 19.0. The maximum absolute atomic E-state index is 12.0. The predicted octanol–water partition coefficient (Wildman–Crippen LogP) is 2.43. The molecule has 4 nitrogen and oxygen atoms in total. The SMILES string of the molecule is O=C(O)[C@@H]1CCCN1C(=O)/C=C/c1ccccc1Cl. The molecular formula is C14H14ClNO3. The second kappa shape index (κ2) is 5.89. The van der Waals surface area contributed by atoms with Crippen LogP contribution >= 0.6 is 11.6 Å². The monoisotopic (exact) mass is 279 g/mol. The lowest BCUT2D eigenvalue weighted by Crippen LogP contribution is -2.39. The highest BCUT2D eigenvalue weighted by atomic mass is 35.5. The van der Waals surface area contributed by atoms with Gasteiger partial charge in [0, 0.05) is 17.6 Å². The summed E-state index contributed by atoms with van der Waals surface area (Å²) in [6, 6.07) is 6.46. The average Bonchev–Trinajstić information content (AvgIpc) is 2.87. The summed E-state index contributed by atoms with van der Waals surface area (Å²) in [5, 5.41) is 9.58. The third-order valence-corrected chi connectivity index (χ3v) is 3.48. The van der Waals surface area contributed by atoms with Crippen molar-refractivity contribution >= 4 is 29.6 Å². The number of aliphatic carboxylic acids is 1. The van der Waals surface area contributed by atoms with Crippen LogP contribution in [0.4, 0.5) is 0 Å². The Bertz CT molecular complexity index is 527. The van der Waals surface area contributed by atoms with Crippen LogP contribution in [0.1, 0.15) is 18.4 Å². The van der Waals surface area contributed by atoms with Gasteiger partial charge in [0.1, 0.15) is 6.04 Å². The van der Waals surface area contributed by atoms with Crippen molar-refractivity contribution in [1.29, 1.82) is 0 Å². The topological polar surface area (TPSA) is 57.6 Å². The number of rotatable bonds is 3. The summed E-state index contributed by atoms with van der Waals surface area (Å²) < 4.78 is 0. The molecule has 2 rings (SSSR count). The zero-order chi connectivity index (χ0) is 13.8. The van der Waals surface area contributed by atoms with E-state index in [1.807, 2.05) is 12.1 Å². The van der Waals surface area contributed by atoms with Gasteiger partial charge in [-0.15, -0.1) is 0 Å². The molecule has 19 heavy (non-hydrogen) atoms. The molecule has 0 unspecified atom stereocenters. The molecule has 1 aromatic carbocycles. The lowest BCUT2D eigenvalue weighted by atomic mass is 10.2. The smallest absolute Gasteiger partial charge is 0.326 e. The third kappa shape index (κ3) is 3.15. The maximum Gasteiger partial charge on any atom is 0.326 e. The van der Waals surface area contributed by atoms with Crippen LogP contribution in [0.25, 0.3) is 6.08 Å². The van der Waals surface area contributed by atoms with Gasteiger partial charge >= 0.3 is 5.97 Å². The van der Waals surface area contributed by atoms with Crippen LogP contribution in [0.5, 0.6) is 0 Å². The number of carbonyl (C=O) groups is 2. The van der Waals surface area contributed by atoms with E-state index < -0.39 is 12.0 Å². The van der Waals surface area contributed by atoms with Crippen LogP contribution in [0, 0.1) is 0 Å². The number of carboxylic acid groups (broad SMARTS) is 1. The number of hydrogen-bond donors (Lipinski definition) is 1. The van der Waals surface area contributed by atoms with Crippen LogP contribution in [0.2, 0.25) is 5.02 Å². The summed E-state index contributed by atoms with van der Waals surface area (Å²) in [5.74, 6) is -1.23. The van der Waals surface area contributed by atoms with Gasteiger partial charge in [0.15, 0.2) is 0 Å². The van der Waals surface area contributed by atoms with E-state index in [0.29, 0.717) is 18.0 Å².